The van der Waals surface area contributed by atoms with Crippen molar-refractivity contribution in [3.05, 3.63) is 47.2 Å². The second-order valence-corrected chi connectivity index (χ2v) is 6.27. The smallest absolute Gasteiger partial charge is 0.229 e. The fourth-order valence-electron chi connectivity index (χ4n) is 1.58. The molecule has 2 rings (SSSR count). The first-order chi connectivity index (χ1) is 8.94. The van der Waals surface area contributed by atoms with Gasteiger partial charge in [0.2, 0.25) is 10.0 Å². The van der Waals surface area contributed by atoms with E-state index in [4.69, 9.17) is 11.6 Å². The van der Waals surface area contributed by atoms with E-state index in [1.54, 1.807) is 18.2 Å². The summed E-state index contributed by atoms with van der Waals surface area (Å²) in [7, 11) is -3.32. The number of nitrogens with one attached hydrogen (secondary N) is 3. The second-order valence-electron chi connectivity index (χ2n) is 4.12. The minimum absolute atomic E-state index is 0.349. The van der Waals surface area contributed by atoms with Crippen LogP contribution in [0.4, 0.5) is 11.4 Å². The van der Waals surface area contributed by atoms with E-state index in [9.17, 15) is 8.42 Å². The number of sulfonamides is 1. The fourth-order valence-corrected chi connectivity index (χ4v) is 2.44. The summed E-state index contributed by atoms with van der Waals surface area (Å²) in [6, 6.07) is 8.96. The molecule has 1 aromatic carbocycles. The molecule has 2 aromatic rings. The lowest BCUT2D eigenvalue weighted by molar-refractivity contribution is 0.607. The number of H-pyrrole nitrogens is 1. The van der Waals surface area contributed by atoms with Gasteiger partial charge in [0.25, 0.3) is 0 Å². The van der Waals surface area contributed by atoms with E-state index in [-0.39, 0.29) is 0 Å². The molecule has 5 nitrogen and oxygen atoms in total. The number of rotatable bonds is 5. The Bertz CT molecular complexity index is 654. The van der Waals surface area contributed by atoms with Gasteiger partial charge in [0.15, 0.2) is 0 Å². The molecule has 1 heterocycles. The maximum Gasteiger partial charge on any atom is 0.229 e. The number of aromatic nitrogens is 1. The lowest BCUT2D eigenvalue weighted by Gasteiger charge is -2.09. The summed E-state index contributed by atoms with van der Waals surface area (Å²) in [6.45, 7) is 0.641. The SMILES string of the molecule is CS(=O)(=O)Nc1ccc(NCc2ccc[nH]2)cc1Cl. The zero-order valence-corrected chi connectivity index (χ0v) is 11.8. The zero-order valence-electron chi connectivity index (χ0n) is 10.3. The monoisotopic (exact) mass is 299 g/mol. The van der Waals surface area contributed by atoms with Crippen LogP contribution in [-0.2, 0) is 16.6 Å². The summed E-state index contributed by atoms with van der Waals surface area (Å²) in [5, 5.41) is 3.53. The third-order valence-electron chi connectivity index (χ3n) is 2.41. The first kappa shape index (κ1) is 13.8. The summed E-state index contributed by atoms with van der Waals surface area (Å²) in [5.74, 6) is 0. The van der Waals surface area contributed by atoms with Crippen LogP contribution in [0.15, 0.2) is 36.5 Å². The molecule has 0 atom stereocenters. The van der Waals surface area contributed by atoms with E-state index in [1.807, 2.05) is 18.3 Å². The van der Waals surface area contributed by atoms with Gasteiger partial charge in [-0.3, -0.25) is 4.72 Å². The molecule has 19 heavy (non-hydrogen) atoms. The summed E-state index contributed by atoms with van der Waals surface area (Å²) < 4.78 is 24.6. The van der Waals surface area contributed by atoms with Crippen molar-refractivity contribution in [2.24, 2.45) is 0 Å². The lowest BCUT2D eigenvalue weighted by atomic mass is 10.3. The van der Waals surface area contributed by atoms with Gasteiger partial charge in [0.1, 0.15) is 0 Å². The van der Waals surface area contributed by atoms with Crippen LogP contribution in [0.25, 0.3) is 0 Å². The molecule has 0 fully saturated rings. The molecule has 0 unspecified atom stereocenters. The van der Waals surface area contributed by atoms with Crippen molar-refractivity contribution in [1.82, 2.24) is 4.98 Å². The van der Waals surface area contributed by atoms with Gasteiger partial charge < -0.3 is 10.3 Å². The van der Waals surface area contributed by atoms with Crippen LogP contribution >= 0.6 is 11.6 Å². The van der Waals surface area contributed by atoms with Crippen molar-refractivity contribution in [3.63, 3.8) is 0 Å². The number of halogens is 1. The minimum Gasteiger partial charge on any atom is -0.379 e. The number of hydrogen-bond acceptors (Lipinski definition) is 3. The highest BCUT2D eigenvalue weighted by Gasteiger charge is 2.06. The van der Waals surface area contributed by atoms with E-state index in [2.05, 4.69) is 15.0 Å². The van der Waals surface area contributed by atoms with Crippen LogP contribution in [0.1, 0.15) is 5.69 Å². The fraction of sp³-hybridized carbons (Fsp3) is 0.167. The van der Waals surface area contributed by atoms with Crippen molar-refractivity contribution in [2.75, 3.05) is 16.3 Å². The second kappa shape index (κ2) is 5.54. The molecule has 0 spiro atoms. The molecule has 0 aliphatic rings. The number of anilines is 2. The van der Waals surface area contributed by atoms with E-state index >= 15 is 0 Å². The molecule has 0 saturated heterocycles. The maximum atomic E-state index is 11.1. The van der Waals surface area contributed by atoms with Gasteiger partial charge in [-0.05, 0) is 30.3 Å². The summed E-state index contributed by atoms with van der Waals surface area (Å²) in [5.41, 5.74) is 2.24. The van der Waals surface area contributed by atoms with E-state index in [1.165, 1.54) is 0 Å². The molecule has 1 aromatic heterocycles. The van der Waals surface area contributed by atoms with Gasteiger partial charge in [-0.25, -0.2) is 8.42 Å². The van der Waals surface area contributed by atoms with E-state index < -0.39 is 10.0 Å². The zero-order chi connectivity index (χ0) is 13.9. The van der Waals surface area contributed by atoms with Gasteiger partial charge >= 0.3 is 0 Å². The van der Waals surface area contributed by atoms with Crippen molar-refractivity contribution in [3.8, 4) is 0 Å². The average Bonchev–Trinajstić information content (AvgIpc) is 2.81. The Balaban J connectivity index is 2.06. The Labute approximate surface area is 117 Å². The van der Waals surface area contributed by atoms with Crippen LogP contribution in [0.5, 0.6) is 0 Å². The minimum atomic E-state index is -3.32. The number of hydrogen-bond donors (Lipinski definition) is 3. The van der Waals surface area contributed by atoms with Crippen molar-refractivity contribution in [2.45, 2.75) is 6.54 Å². The van der Waals surface area contributed by atoms with E-state index in [0.29, 0.717) is 17.3 Å². The van der Waals surface area contributed by atoms with E-state index in [0.717, 1.165) is 17.6 Å². The van der Waals surface area contributed by atoms with Gasteiger partial charge in [0.05, 0.1) is 23.5 Å². The average molecular weight is 300 g/mol. The van der Waals surface area contributed by atoms with Gasteiger partial charge in [0, 0.05) is 17.6 Å². The summed E-state index contributed by atoms with van der Waals surface area (Å²) in [4.78, 5) is 3.08. The van der Waals surface area contributed by atoms with Crippen molar-refractivity contribution >= 4 is 33.0 Å². The molecular formula is C12H14ClN3O2S. The standard InChI is InChI=1S/C12H14ClN3O2S/c1-19(17,18)16-12-5-4-9(7-11(12)13)15-8-10-3-2-6-14-10/h2-7,14-16H,8H2,1H3. The normalized spacial score (nSPS) is 11.3. The Kier molecular flexibility index (Phi) is 4.01. The quantitative estimate of drug-likeness (QED) is 0.794. The molecule has 0 radical (unpaired) electrons. The van der Waals surface area contributed by atoms with Crippen LogP contribution in [0.3, 0.4) is 0 Å². The molecule has 7 heteroatoms. The predicted molar refractivity (Wildman–Crippen MR) is 78.0 cm³/mol. The first-order valence-corrected chi connectivity index (χ1v) is 7.84. The third kappa shape index (κ3) is 4.18. The molecule has 0 aliphatic carbocycles. The first-order valence-electron chi connectivity index (χ1n) is 5.57. The highest BCUT2D eigenvalue weighted by atomic mass is 35.5. The molecule has 0 saturated carbocycles. The van der Waals surface area contributed by atoms with Crippen molar-refractivity contribution in [1.29, 1.82) is 0 Å². The Morgan fingerprint density at radius 1 is 1.32 bits per heavy atom. The molecule has 0 bridgehead atoms. The molecule has 0 amide bonds. The molecule has 102 valence electrons. The van der Waals surface area contributed by atoms with Crippen LogP contribution in [0, 0.1) is 0 Å². The highest BCUT2D eigenvalue weighted by molar-refractivity contribution is 7.92. The highest BCUT2D eigenvalue weighted by Crippen LogP contribution is 2.26. The Hall–Kier alpha value is -1.66. The topological polar surface area (TPSA) is 74.0 Å². The third-order valence-corrected chi connectivity index (χ3v) is 3.31. The van der Waals surface area contributed by atoms with Crippen LogP contribution in [0.2, 0.25) is 5.02 Å². The van der Waals surface area contributed by atoms with Crippen molar-refractivity contribution < 1.29 is 8.42 Å². The van der Waals surface area contributed by atoms with Gasteiger partial charge in [-0.15, -0.1) is 0 Å². The van der Waals surface area contributed by atoms with Gasteiger partial charge in [-0.1, -0.05) is 11.6 Å². The van der Waals surface area contributed by atoms with Gasteiger partial charge in [-0.2, -0.15) is 0 Å². The molecule has 0 aliphatic heterocycles. The number of aromatic amines is 1. The Morgan fingerprint density at radius 2 is 2.11 bits per heavy atom. The van der Waals surface area contributed by atoms with Crippen LogP contribution < -0.4 is 10.0 Å². The molecule has 3 N–H and O–H groups in total. The maximum absolute atomic E-state index is 11.1. The molecular weight excluding hydrogens is 286 g/mol. The summed E-state index contributed by atoms with van der Waals surface area (Å²) in [6.07, 6.45) is 2.93. The lowest BCUT2D eigenvalue weighted by Crippen LogP contribution is -2.10. The predicted octanol–water partition coefficient (Wildman–Crippen LogP) is 2.65. The number of benzene rings is 1. The summed E-state index contributed by atoms with van der Waals surface area (Å²) >= 11 is 6.02. The van der Waals surface area contributed by atoms with Crippen LogP contribution in [-0.4, -0.2) is 19.7 Å². The Morgan fingerprint density at radius 3 is 2.68 bits per heavy atom. The largest absolute Gasteiger partial charge is 0.379 e.